The van der Waals surface area contributed by atoms with E-state index in [0.717, 1.165) is 19.4 Å². The Bertz CT molecular complexity index is 263. The van der Waals surface area contributed by atoms with Gasteiger partial charge in [0.1, 0.15) is 0 Å². The number of nitrogens with one attached hydrogen (secondary N) is 1. The lowest BCUT2D eigenvalue weighted by atomic mass is 9.93. The number of aromatic nitrogens is 1. The zero-order chi connectivity index (χ0) is 9.80. The minimum Gasteiger partial charge on any atom is -0.392 e. The summed E-state index contributed by atoms with van der Waals surface area (Å²) in [5.74, 6) is 0. The fourth-order valence-corrected chi connectivity index (χ4v) is 2.46. The smallest absolute Gasteiger partial charge is 0.0794 e. The Morgan fingerprint density at radius 1 is 1.50 bits per heavy atom. The van der Waals surface area contributed by atoms with E-state index in [9.17, 15) is 5.11 Å². The topological polar surface area (TPSA) is 45.1 Å². The van der Waals surface area contributed by atoms with Crippen LogP contribution in [0.3, 0.4) is 0 Å². The summed E-state index contributed by atoms with van der Waals surface area (Å²) >= 11 is 1.66. The fraction of sp³-hybridized carbons (Fsp3) is 0.700. The second-order valence-electron chi connectivity index (χ2n) is 3.81. The van der Waals surface area contributed by atoms with E-state index in [1.165, 1.54) is 17.7 Å². The minimum atomic E-state index is -0.156. The summed E-state index contributed by atoms with van der Waals surface area (Å²) in [4.78, 5) is 5.26. The molecule has 1 fully saturated rings. The number of aliphatic hydroxyl groups excluding tert-OH is 1. The van der Waals surface area contributed by atoms with Gasteiger partial charge in [0, 0.05) is 23.7 Å². The predicted octanol–water partition coefficient (Wildman–Crippen LogP) is 1.54. The van der Waals surface area contributed by atoms with E-state index >= 15 is 0 Å². The molecule has 1 saturated carbocycles. The molecule has 2 rings (SSSR count). The van der Waals surface area contributed by atoms with Crippen LogP contribution in [0.5, 0.6) is 0 Å². The summed E-state index contributed by atoms with van der Waals surface area (Å²) < 4.78 is 0. The van der Waals surface area contributed by atoms with Gasteiger partial charge in [0.2, 0.25) is 0 Å². The second kappa shape index (κ2) is 4.87. The van der Waals surface area contributed by atoms with E-state index < -0.39 is 0 Å². The Kier molecular flexibility index (Phi) is 3.50. The second-order valence-corrected chi connectivity index (χ2v) is 4.78. The van der Waals surface area contributed by atoms with Crippen LogP contribution >= 0.6 is 11.3 Å². The third kappa shape index (κ3) is 2.53. The molecule has 1 aromatic heterocycles. The van der Waals surface area contributed by atoms with Crippen LogP contribution < -0.4 is 5.32 Å². The van der Waals surface area contributed by atoms with Crippen molar-refractivity contribution in [3.8, 4) is 0 Å². The number of hydrogen-bond acceptors (Lipinski definition) is 4. The Morgan fingerprint density at radius 3 is 3.07 bits per heavy atom. The average molecular weight is 212 g/mol. The summed E-state index contributed by atoms with van der Waals surface area (Å²) in [6.45, 7) is 0.840. The SMILES string of the molecule is O[C@@H]1CCCC[C@@H]1NCc1cncs1. The number of nitrogens with zero attached hydrogens (tertiary/aromatic N) is 1. The van der Waals surface area contributed by atoms with Gasteiger partial charge in [-0.2, -0.15) is 0 Å². The lowest BCUT2D eigenvalue weighted by Gasteiger charge is -2.28. The number of hydrogen-bond donors (Lipinski definition) is 2. The van der Waals surface area contributed by atoms with Gasteiger partial charge in [-0.25, -0.2) is 0 Å². The Balaban J connectivity index is 1.79. The molecule has 2 atom stereocenters. The van der Waals surface area contributed by atoms with Crippen molar-refractivity contribution < 1.29 is 5.11 Å². The van der Waals surface area contributed by atoms with Crippen LogP contribution in [0.15, 0.2) is 11.7 Å². The maximum Gasteiger partial charge on any atom is 0.0794 e. The van der Waals surface area contributed by atoms with Crippen LogP contribution in [0.4, 0.5) is 0 Å². The molecule has 0 amide bonds. The van der Waals surface area contributed by atoms with E-state index in [2.05, 4.69) is 10.3 Å². The minimum absolute atomic E-state index is 0.156. The summed E-state index contributed by atoms with van der Waals surface area (Å²) in [5, 5.41) is 13.1. The van der Waals surface area contributed by atoms with Gasteiger partial charge in [-0.05, 0) is 12.8 Å². The van der Waals surface area contributed by atoms with Crippen molar-refractivity contribution in [3.05, 3.63) is 16.6 Å². The summed E-state index contributed by atoms with van der Waals surface area (Å²) in [5.41, 5.74) is 1.84. The van der Waals surface area contributed by atoms with Gasteiger partial charge >= 0.3 is 0 Å². The third-order valence-electron chi connectivity index (χ3n) is 2.75. The van der Waals surface area contributed by atoms with Gasteiger partial charge in [-0.1, -0.05) is 12.8 Å². The molecule has 1 heterocycles. The molecule has 3 nitrogen and oxygen atoms in total. The predicted molar refractivity (Wildman–Crippen MR) is 57.2 cm³/mol. The molecule has 0 aliphatic heterocycles. The molecule has 4 heteroatoms. The Hall–Kier alpha value is -0.450. The molecule has 0 aromatic carbocycles. The molecule has 0 unspecified atom stereocenters. The van der Waals surface area contributed by atoms with Crippen molar-refractivity contribution in [2.24, 2.45) is 0 Å². The van der Waals surface area contributed by atoms with Gasteiger partial charge in [0.25, 0.3) is 0 Å². The van der Waals surface area contributed by atoms with Crippen LogP contribution in [0, 0.1) is 0 Å². The first-order valence-corrected chi connectivity index (χ1v) is 6.03. The standard InChI is InChI=1S/C10H16N2OS/c13-10-4-2-1-3-9(10)12-6-8-5-11-7-14-8/h5,7,9-10,12-13H,1-4,6H2/t9-,10+/m0/s1. The average Bonchev–Trinajstić information content (AvgIpc) is 2.69. The monoisotopic (exact) mass is 212 g/mol. The van der Waals surface area contributed by atoms with Crippen LogP contribution in [0.1, 0.15) is 30.6 Å². The molecule has 0 bridgehead atoms. The lowest BCUT2D eigenvalue weighted by Crippen LogP contribution is -2.41. The van der Waals surface area contributed by atoms with Crippen molar-refractivity contribution in [1.29, 1.82) is 0 Å². The highest BCUT2D eigenvalue weighted by Crippen LogP contribution is 2.19. The van der Waals surface area contributed by atoms with Gasteiger partial charge in [0.05, 0.1) is 11.6 Å². The zero-order valence-corrected chi connectivity index (χ0v) is 8.96. The lowest BCUT2D eigenvalue weighted by molar-refractivity contribution is 0.0904. The maximum atomic E-state index is 9.72. The highest BCUT2D eigenvalue weighted by atomic mass is 32.1. The molecule has 1 aliphatic rings. The largest absolute Gasteiger partial charge is 0.392 e. The normalized spacial score (nSPS) is 27.8. The van der Waals surface area contributed by atoms with Crippen LogP contribution in [-0.2, 0) is 6.54 Å². The summed E-state index contributed by atoms with van der Waals surface area (Å²) in [6, 6.07) is 0.283. The highest BCUT2D eigenvalue weighted by Gasteiger charge is 2.22. The van der Waals surface area contributed by atoms with E-state index in [1.807, 2.05) is 11.7 Å². The maximum absolute atomic E-state index is 9.72. The van der Waals surface area contributed by atoms with Gasteiger partial charge < -0.3 is 10.4 Å². The molecule has 1 aromatic rings. The van der Waals surface area contributed by atoms with Crippen molar-refractivity contribution in [2.75, 3.05) is 0 Å². The van der Waals surface area contributed by atoms with E-state index in [1.54, 1.807) is 11.3 Å². The first-order chi connectivity index (χ1) is 6.86. The molecule has 78 valence electrons. The first kappa shape index (κ1) is 10.1. The van der Waals surface area contributed by atoms with Crippen molar-refractivity contribution in [3.63, 3.8) is 0 Å². The third-order valence-corrected chi connectivity index (χ3v) is 3.53. The molecule has 2 N–H and O–H groups in total. The Morgan fingerprint density at radius 2 is 2.36 bits per heavy atom. The molecule has 1 aliphatic carbocycles. The molecular formula is C10H16N2OS. The van der Waals surface area contributed by atoms with Gasteiger partial charge in [0.15, 0.2) is 0 Å². The van der Waals surface area contributed by atoms with Crippen LogP contribution in [0.25, 0.3) is 0 Å². The molecule has 14 heavy (non-hydrogen) atoms. The van der Waals surface area contributed by atoms with E-state index in [4.69, 9.17) is 0 Å². The zero-order valence-electron chi connectivity index (χ0n) is 8.15. The Labute approximate surface area is 88.2 Å². The summed E-state index contributed by atoms with van der Waals surface area (Å²) in [7, 11) is 0. The molecule has 0 spiro atoms. The first-order valence-electron chi connectivity index (χ1n) is 5.15. The van der Waals surface area contributed by atoms with E-state index in [-0.39, 0.29) is 12.1 Å². The van der Waals surface area contributed by atoms with Crippen molar-refractivity contribution in [1.82, 2.24) is 10.3 Å². The molecular weight excluding hydrogens is 196 g/mol. The molecule has 0 saturated heterocycles. The van der Waals surface area contributed by atoms with E-state index in [0.29, 0.717) is 0 Å². The van der Waals surface area contributed by atoms with Crippen molar-refractivity contribution in [2.45, 2.75) is 44.4 Å². The van der Waals surface area contributed by atoms with Crippen molar-refractivity contribution >= 4 is 11.3 Å². The highest BCUT2D eigenvalue weighted by molar-refractivity contribution is 7.09. The van der Waals surface area contributed by atoms with Crippen LogP contribution in [0.2, 0.25) is 0 Å². The quantitative estimate of drug-likeness (QED) is 0.799. The van der Waals surface area contributed by atoms with Gasteiger partial charge in [-0.3, -0.25) is 4.98 Å². The number of rotatable bonds is 3. The number of thiazole rings is 1. The summed E-state index contributed by atoms with van der Waals surface area (Å²) in [6.07, 6.45) is 6.17. The fourth-order valence-electron chi connectivity index (χ4n) is 1.91. The van der Waals surface area contributed by atoms with Crippen LogP contribution in [-0.4, -0.2) is 22.2 Å². The van der Waals surface area contributed by atoms with Gasteiger partial charge in [-0.15, -0.1) is 11.3 Å². The molecule has 0 radical (unpaired) electrons. The number of aliphatic hydroxyl groups is 1.